The Balaban J connectivity index is 2.14. The topological polar surface area (TPSA) is 29.3 Å². The van der Waals surface area contributed by atoms with Crippen molar-refractivity contribution in [3.8, 4) is 0 Å². The fourth-order valence-electron chi connectivity index (χ4n) is 3.23. The first-order chi connectivity index (χ1) is 9.15. The maximum Gasteiger partial charge on any atom is 0.123 e. The van der Waals surface area contributed by atoms with Crippen molar-refractivity contribution >= 4 is 0 Å². The second kappa shape index (κ2) is 6.49. The van der Waals surface area contributed by atoms with Crippen molar-refractivity contribution in [2.45, 2.75) is 39.2 Å². The molecule has 2 rings (SSSR count). The summed E-state index contributed by atoms with van der Waals surface area (Å²) >= 11 is 0. The summed E-state index contributed by atoms with van der Waals surface area (Å²) in [4.78, 5) is 2.43. The summed E-state index contributed by atoms with van der Waals surface area (Å²) in [5.41, 5.74) is 8.15. The third-order valence-electron chi connectivity index (χ3n) is 4.28. The minimum absolute atomic E-state index is 0.164. The lowest BCUT2D eigenvalue weighted by molar-refractivity contribution is 0.238. The molecule has 2 N–H and O–H groups in total. The molecule has 1 fully saturated rings. The van der Waals surface area contributed by atoms with E-state index in [4.69, 9.17) is 5.73 Å². The van der Waals surface area contributed by atoms with E-state index < -0.39 is 0 Å². The molecular formula is C16H25FN2. The summed E-state index contributed by atoms with van der Waals surface area (Å²) in [6.07, 6.45) is 3.78. The minimum atomic E-state index is -0.164. The summed E-state index contributed by atoms with van der Waals surface area (Å²) in [6.45, 7) is 7.02. The van der Waals surface area contributed by atoms with E-state index in [0.717, 1.165) is 30.1 Å². The lowest BCUT2D eigenvalue weighted by Gasteiger charge is -2.28. The highest BCUT2D eigenvalue weighted by Crippen LogP contribution is 2.30. The zero-order valence-corrected chi connectivity index (χ0v) is 12.0. The van der Waals surface area contributed by atoms with Crippen molar-refractivity contribution in [3.05, 3.63) is 35.1 Å². The van der Waals surface area contributed by atoms with Crippen LogP contribution in [0.2, 0.25) is 0 Å². The van der Waals surface area contributed by atoms with E-state index >= 15 is 0 Å². The molecule has 1 saturated heterocycles. The van der Waals surface area contributed by atoms with E-state index in [1.807, 2.05) is 13.0 Å². The molecule has 1 aliphatic rings. The van der Waals surface area contributed by atoms with E-state index in [1.54, 1.807) is 6.07 Å². The molecule has 0 spiro atoms. The molecule has 1 aromatic rings. The number of benzene rings is 1. The van der Waals surface area contributed by atoms with Crippen LogP contribution < -0.4 is 5.73 Å². The average Bonchev–Trinajstić information content (AvgIpc) is 2.83. The maximum absolute atomic E-state index is 13.5. The first-order valence-corrected chi connectivity index (χ1v) is 7.35. The quantitative estimate of drug-likeness (QED) is 0.884. The van der Waals surface area contributed by atoms with Crippen molar-refractivity contribution in [1.82, 2.24) is 4.90 Å². The smallest absolute Gasteiger partial charge is 0.123 e. The molecule has 0 aromatic heterocycles. The van der Waals surface area contributed by atoms with Crippen LogP contribution in [-0.4, -0.2) is 24.5 Å². The van der Waals surface area contributed by atoms with Crippen LogP contribution in [0.3, 0.4) is 0 Å². The Morgan fingerprint density at radius 3 is 2.95 bits per heavy atom. The van der Waals surface area contributed by atoms with Crippen molar-refractivity contribution in [2.24, 2.45) is 11.7 Å². The van der Waals surface area contributed by atoms with Crippen LogP contribution >= 0.6 is 0 Å². The Kier molecular flexibility index (Phi) is 4.94. The van der Waals surface area contributed by atoms with E-state index in [0.29, 0.717) is 6.54 Å². The maximum atomic E-state index is 13.5. The molecule has 106 valence electrons. The van der Waals surface area contributed by atoms with Crippen molar-refractivity contribution in [2.75, 3.05) is 19.6 Å². The van der Waals surface area contributed by atoms with Crippen molar-refractivity contribution < 1.29 is 4.39 Å². The monoisotopic (exact) mass is 264 g/mol. The molecule has 2 atom stereocenters. The number of hydrogen-bond acceptors (Lipinski definition) is 2. The van der Waals surface area contributed by atoms with E-state index in [1.165, 1.54) is 25.3 Å². The molecule has 1 aromatic carbocycles. The van der Waals surface area contributed by atoms with Crippen LogP contribution in [0.4, 0.5) is 4.39 Å². The molecule has 2 unspecified atom stereocenters. The first kappa shape index (κ1) is 14.5. The number of likely N-dealkylation sites (tertiary alicyclic amines) is 1. The van der Waals surface area contributed by atoms with Gasteiger partial charge < -0.3 is 5.73 Å². The van der Waals surface area contributed by atoms with E-state index in [2.05, 4.69) is 11.8 Å². The molecule has 3 heteroatoms. The molecule has 0 radical (unpaired) electrons. The van der Waals surface area contributed by atoms with Gasteiger partial charge in [-0.3, -0.25) is 4.90 Å². The van der Waals surface area contributed by atoms with Crippen LogP contribution in [0.15, 0.2) is 18.2 Å². The number of rotatable bonds is 5. The third-order valence-corrected chi connectivity index (χ3v) is 4.28. The first-order valence-electron chi connectivity index (χ1n) is 7.35. The Hall–Kier alpha value is -0.930. The molecular weight excluding hydrogens is 239 g/mol. The predicted octanol–water partition coefficient (Wildman–Crippen LogP) is 3.26. The fraction of sp³-hybridized carbons (Fsp3) is 0.625. The summed E-state index contributed by atoms with van der Waals surface area (Å²) in [5.74, 6) is 0.622. The second-order valence-corrected chi connectivity index (χ2v) is 5.69. The Bertz CT molecular complexity index is 419. The standard InChI is InChI=1S/C16H25FN2/c1-3-4-13-7-8-19(11-13)16(10-18)15-9-14(17)6-5-12(15)2/h5-6,9,13,16H,3-4,7-8,10-11,18H2,1-2H3. The van der Waals surface area contributed by atoms with Gasteiger partial charge in [0.15, 0.2) is 0 Å². The molecule has 19 heavy (non-hydrogen) atoms. The Morgan fingerprint density at radius 2 is 2.26 bits per heavy atom. The van der Waals surface area contributed by atoms with Gasteiger partial charge in [-0.1, -0.05) is 19.4 Å². The Labute approximate surface area is 115 Å². The summed E-state index contributed by atoms with van der Waals surface area (Å²) < 4.78 is 13.5. The second-order valence-electron chi connectivity index (χ2n) is 5.69. The zero-order chi connectivity index (χ0) is 13.8. The fourth-order valence-corrected chi connectivity index (χ4v) is 3.23. The van der Waals surface area contributed by atoms with Crippen LogP contribution in [-0.2, 0) is 0 Å². The summed E-state index contributed by atoms with van der Waals surface area (Å²) in [6, 6.07) is 5.20. The van der Waals surface area contributed by atoms with Crippen LogP contribution in [0, 0.1) is 18.7 Å². The van der Waals surface area contributed by atoms with Crippen LogP contribution in [0.25, 0.3) is 0 Å². The molecule has 0 saturated carbocycles. The predicted molar refractivity (Wildman–Crippen MR) is 77.5 cm³/mol. The van der Waals surface area contributed by atoms with Gasteiger partial charge in [0.05, 0.1) is 0 Å². The number of halogens is 1. The highest BCUT2D eigenvalue weighted by atomic mass is 19.1. The third kappa shape index (κ3) is 3.34. The number of nitrogens with zero attached hydrogens (tertiary/aromatic N) is 1. The largest absolute Gasteiger partial charge is 0.329 e. The van der Waals surface area contributed by atoms with Gasteiger partial charge in [0.2, 0.25) is 0 Å². The summed E-state index contributed by atoms with van der Waals surface area (Å²) in [7, 11) is 0. The molecule has 0 aliphatic carbocycles. The highest BCUT2D eigenvalue weighted by Gasteiger charge is 2.28. The van der Waals surface area contributed by atoms with Crippen molar-refractivity contribution in [1.29, 1.82) is 0 Å². The molecule has 1 heterocycles. The van der Waals surface area contributed by atoms with Gasteiger partial charge in [-0.15, -0.1) is 0 Å². The van der Waals surface area contributed by atoms with Gasteiger partial charge in [-0.2, -0.15) is 0 Å². The lowest BCUT2D eigenvalue weighted by atomic mass is 9.99. The van der Waals surface area contributed by atoms with Gasteiger partial charge in [-0.25, -0.2) is 4.39 Å². The molecule has 0 bridgehead atoms. The molecule has 2 nitrogen and oxygen atoms in total. The van der Waals surface area contributed by atoms with Crippen molar-refractivity contribution in [3.63, 3.8) is 0 Å². The van der Waals surface area contributed by atoms with E-state index in [9.17, 15) is 4.39 Å². The van der Waals surface area contributed by atoms with E-state index in [-0.39, 0.29) is 11.9 Å². The van der Waals surface area contributed by atoms with Gasteiger partial charge in [0.25, 0.3) is 0 Å². The van der Waals surface area contributed by atoms with Gasteiger partial charge in [0, 0.05) is 19.1 Å². The normalized spacial score (nSPS) is 21.8. The molecule has 1 aliphatic heterocycles. The highest BCUT2D eigenvalue weighted by molar-refractivity contribution is 5.30. The Morgan fingerprint density at radius 1 is 1.47 bits per heavy atom. The SMILES string of the molecule is CCCC1CCN(C(CN)c2cc(F)ccc2C)C1. The van der Waals surface area contributed by atoms with Crippen LogP contribution in [0.1, 0.15) is 43.4 Å². The number of nitrogens with two attached hydrogens (primary N) is 1. The number of hydrogen-bond donors (Lipinski definition) is 1. The average molecular weight is 264 g/mol. The van der Waals surface area contributed by atoms with Gasteiger partial charge >= 0.3 is 0 Å². The van der Waals surface area contributed by atoms with Crippen LogP contribution in [0.5, 0.6) is 0 Å². The lowest BCUT2D eigenvalue weighted by Crippen LogP contribution is -2.32. The van der Waals surface area contributed by atoms with Gasteiger partial charge in [0.1, 0.15) is 5.82 Å². The summed E-state index contributed by atoms with van der Waals surface area (Å²) in [5, 5.41) is 0. The zero-order valence-electron chi connectivity index (χ0n) is 12.0. The number of aryl methyl sites for hydroxylation is 1. The minimum Gasteiger partial charge on any atom is -0.329 e. The molecule has 0 amide bonds. The van der Waals surface area contributed by atoms with Gasteiger partial charge in [-0.05, 0) is 55.5 Å².